The third-order valence-electron chi connectivity index (χ3n) is 3.65. The summed E-state index contributed by atoms with van der Waals surface area (Å²) in [6.45, 7) is 2.43. The van der Waals surface area contributed by atoms with Gasteiger partial charge in [-0.2, -0.15) is 0 Å². The highest BCUT2D eigenvalue weighted by atomic mass is 16.5. The zero-order chi connectivity index (χ0) is 13.4. The van der Waals surface area contributed by atoms with E-state index in [1.807, 2.05) is 25.1 Å². The van der Waals surface area contributed by atoms with Crippen molar-refractivity contribution in [2.75, 3.05) is 6.54 Å². The van der Waals surface area contributed by atoms with Crippen molar-refractivity contribution in [3.63, 3.8) is 0 Å². The maximum atomic E-state index is 12.3. The van der Waals surface area contributed by atoms with Crippen LogP contribution in [0.4, 0.5) is 0 Å². The normalized spacial score (nSPS) is 23.1. The Morgan fingerprint density at radius 2 is 2.26 bits per heavy atom. The van der Waals surface area contributed by atoms with Gasteiger partial charge >= 0.3 is 0 Å². The molecule has 4 heteroatoms. The van der Waals surface area contributed by atoms with E-state index in [0.29, 0.717) is 12.3 Å². The molecule has 2 unspecified atom stereocenters. The molecule has 1 aliphatic rings. The Balaban J connectivity index is 1.88. The largest absolute Gasteiger partial charge is 0.453 e. The van der Waals surface area contributed by atoms with Gasteiger partial charge in [0.05, 0.1) is 6.10 Å². The number of ketones is 1. The lowest BCUT2D eigenvalue weighted by molar-refractivity contribution is 0.0385. The number of hydrogen-bond donors (Lipinski definition) is 1. The smallest absolute Gasteiger partial charge is 0.226 e. The number of ether oxygens (including phenoxy) is 1. The third kappa shape index (κ3) is 2.17. The molecule has 3 rings (SSSR count). The summed E-state index contributed by atoms with van der Waals surface area (Å²) in [7, 11) is 0. The van der Waals surface area contributed by atoms with Gasteiger partial charge in [-0.1, -0.05) is 18.2 Å². The van der Waals surface area contributed by atoms with E-state index in [1.54, 1.807) is 6.07 Å². The number of aryl methyl sites for hydroxylation is 1. The van der Waals surface area contributed by atoms with Crippen molar-refractivity contribution in [1.82, 2.24) is 0 Å². The van der Waals surface area contributed by atoms with E-state index < -0.39 is 6.10 Å². The van der Waals surface area contributed by atoms with E-state index in [-0.39, 0.29) is 11.9 Å². The van der Waals surface area contributed by atoms with Gasteiger partial charge in [0, 0.05) is 11.9 Å². The summed E-state index contributed by atoms with van der Waals surface area (Å²) in [5.41, 5.74) is 7.36. The van der Waals surface area contributed by atoms with Crippen molar-refractivity contribution in [2.45, 2.75) is 32.0 Å². The van der Waals surface area contributed by atoms with Crippen LogP contribution in [0.2, 0.25) is 0 Å². The molecular weight excluding hydrogens is 242 g/mol. The zero-order valence-corrected chi connectivity index (χ0v) is 10.9. The minimum Gasteiger partial charge on any atom is -0.453 e. The zero-order valence-electron chi connectivity index (χ0n) is 10.9. The minimum atomic E-state index is -0.408. The lowest BCUT2D eigenvalue weighted by atomic mass is 10.1. The maximum Gasteiger partial charge on any atom is 0.226 e. The van der Waals surface area contributed by atoms with Gasteiger partial charge in [-0.25, -0.2) is 0 Å². The Hall–Kier alpha value is -1.65. The Morgan fingerprint density at radius 1 is 1.42 bits per heavy atom. The fourth-order valence-corrected chi connectivity index (χ4v) is 2.56. The third-order valence-corrected chi connectivity index (χ3v) is 3.65. The number of rotatable bonds is 3. The van der Waals surface area contributed by atoms with Crippen molar-refractivity contribution < 1.29 is 13.9 Å². The predicted octanol–water partition coefficient (Wildman–Crippen LogP) is 2.43. The van der Waals surface area contributed by atoms with Gasteiger partial charge in [-0.05, 0) is 31.4 Å². The molecule has 0 amide bonds. The molecule has 0 bridgehead atoms. The topological polar surface area (TPSA) is 65.5 Å². The van der Waals surface area contributed by atoms with Gasteiger partial charge in [0.25, 0.3) is 0 Å². The van der Waals surface area contributed by atoms with Gasteiger partial charge < -0.3 is 14.9 Å². The first-order valence-corrected chi connectivity index (χ1v) is 6.58. The summed E-state index contributed by atoms with van der Waals surface area (Å²) < 4.78 is 11.3. The van der Waals surface area contributed by atoms with E-state index in [0.717, 1.165) is 29.4 Å². The van der Waals surface area contributed by atoms with Crippen LogP contribution in [0.5, 0.6) is 0 Å². The number of nitrogens with two attached hydrogens (primary N) is 1. The first-order valence-electron chi connectivity index (χ1n) is 6.58. The molecule has 0 aliphatic carbocycles. The molecule has 0 saturated carbocycles. The summed E-state index contributed by atoms with van der Waals surface area (Å²) in [5.74, 6) is 0.304. The number of hydrogen-bond acceptors (Lipinski definition) is 4. The minimum absolute atomic E-state index is 0.0000597. The second-order valence-electron chi connectivity index (χ2n) is 5.03. The monoisotopic (exact) mass is 259 g/mol. The van der Waals surface area contributed by atoms with Crippen LogP contribution >= 0.6 is 0 Å². The Kier molecular flexibility index (Phi) is 3.12. The second kappa shape index (κ2) is 4.79. The van der Waals surface area contributed by atoms with Crippen LogP contribution in [0.3, 0.4) is 0 Å². The SMILES string of the molecule is Cc1cccc2cc(C(=O)C3CCC(CN)O3)oc12. The highest BCUT2D eigenvalue weighted by molar-refractivity contribution is 6.00. The lowest BCUT2D eigenvalue weighted by Crippen LogP contribution is -2.24. The molecule has 2 N–H and O–H groups in total. The molecular formula is C15H17NO3. The molecule has 1 saturated heterocycles. The highest BCUT2D eigenvalue weighted by Crippen LogP contribution is 2.27. The van der Waals surface area contributed by atoms with Crippen molar-refractivity contribution in [2.24, 2.45) is 5.73 Å². The van der Waals surface area contributed by atoms with Gasteiger partial charge in [0.2, 0.25) is 5.78 Å². The molecule has 1 aromatic heterocycles. The average molecular weight is 259 g/mol. The van der Waals surface area contributed by atoms with Crippen LogP contribution in [0.1, 0.15) is 29.0 Å². The van der Waals surface area contributed by atoms with Gasteiger partial charge in [0.1, 0.15) is 11.7 Å². The maximum absolute atomic E-state index is 12.3. The number of para-hydroxylation sites is 1. The lowest BCUT2D eigenvalue weighted by Gasteiger charge is -2.09. The van der Waals surface area contributed by atoms with Gasteiger partial charge in [-0.15, -0.1) is 0 Å². The van der Waals surface area contributed by atoms with Crippen molar-refractivity contribution in [3.8, 4) is 0 Å². The van der Waals surface area contributed by atoms with E-state index in [2.05, 4.69) is 0 Å². The number of fused-ring (bicyclic) bond motifs is 1. The summed E-state index contributed by atoms with van der Waals surface area (Å²) in [4.78, 5) is 12.3. The fraction of sp³-hybridized carbons (Fsp3) is 0.400. The molecule has 0 radical (unpaired) electrons. The Labute approximate surface area is 111 Å². The van der Waals surface area contributed by atoms with Gasteiger partial charge in [0.15, 0.2) is 5.76 Å². The van der Waals surface area contributed by atoms with Crippen LogP contribution in [-0.4, -0.2) is 24.5 Å². The summed E-state index contributed by atoms with van der Waals surface area (Å²) in [6, 6.07) is 7.67. The molecule has 1 aliphatic heterocycles. The molecule has 1 fully saturated rings. The summed E-state index contributed by atoms with van der Waals surface area (Å²) >= 11 is 0. The summed E-state index contributed by atoms with van der Waals surface area (Å²) in [5, 5.41) is 0.955. The molecule has 100 valence electrons. The van der Waals surface area contributed by atoms with Crippen LogP contribution in [0.15, 0.2) is 28.7 Å². The van der Waals surface area contributed by atoms with Crippen molar-refractivity contribution in [3.05, 3.63) is 35.6 Å². The first-order chi connectivity index (χ1) is 9.19. The van der Waals surface area contributed by atoms with Crippen molar-refractivity contribution >= 4 is 16.8 Å². The molecule has 0 spiro atoms. The molecule has 2 atom stereocenters. The van der Waals surface area contributed by atoms with Crippen LogP contribution in [0, 0.1) is 6.92 Å². The standard InChI is InChI=1S/C15H17NO3/c1-9-3-2-4-10-7-13(19-15(9)10)14(17)12-6-5-11(8-16)18-12/h2-4,7,11-12H,5-6,8,16H2,1H3. The van der Waals surface area contributed by atoms with Crippen LogP contribution in [-0.2, 0) is 4.74 Å². The van der Waals surface area contributed by atoms with Crippen LogP contribution in [0.25, 0.3) is 11.0 Å². The van der Waals surface area contributed by atoms with Crippen LogP contribution < -0.4 is 5.73 Å². The molecule has 19 heavy (non-hydrogen) atoms. The van der Waals surface area contributed by atoms with E-state index >= 15 is 0 Å². The Bertz CT molecular complexity index is 617. The number of benzene rings is 1. The number of furan rings is 1. The van der Waals surface area contributed by atoms with E-state index in [4.69, 9.17) is 14.9 Å². The fourth-order valence-electron chi connectivity index (χ4n) is 2.56. The first kappa shape index (κ1) is 12.4. The van der Waals surface area contributed by atoms with E-state index in [1.165, 1.54) is 0 Å². The van der Waals surface area contributed by atoms with Crippen molar-refractivity contribution in [1.29, 1.82) is 0 Å². The molecule has 2 heterocycles. The quantitative estimate of drug-likeness (QED) is 0.860. The molecule has 4 nitrogen and oxygen atoms in total. The highest BCUT2D eigenvalue weighted by Gasteiger charge is 2.32. The number of Topliss-reactive ketones (excluding diaryl/α,β-unsaturated/α-hetero) is 1. The molecule has 2 aromatic rings. The van der Waals surface area contributed by atoms with E-state index in [9.17, 15) is 4.79 Å². The predicted molar refractivity (Wildman–Crippen MR) is 72.2 cm³/mol. The summed E-state index contributed by atoms with van der Waals surface area (Å²) in [6.07, 6.45) is 1.15. The molecule has 1 aromatic carbocycles. The number of carbonyl (C=O) groups excluding carboxylic acids is 1. The van der Waals surface area contributed by atoms with Gasteiger partial charge in [-0.3, -0.25) is 4.79 Å². The average Bonchev–Trinajstić information content (AvgIpc) is 3.05. The Morgan fingerprint density at radius 3 is 2.95 bits per heavy atom. The number of carbonyl (C=O) groups is 1. The second-order valence-corrected chi connectivity index (χ2v) is 5.03.